The fourth-order valence-corrected chi connectivity index (χ4v) is 4.00. The Labute approximate surface area is 276 Å². The Bertz CT molecular complexity index is 1080. The highest BCUT2D eigenvalue weighted by Crippen LogP contribution is 2.15. The number of ketones is 1. The van der Waals surface area contributed by atoms with Crippen LogP contribution in [-0.2, 0) is 38.2 Å². The Hall–Kier alpha value is -3.95. The summed E-state index contributed by atoms with van der Waals surface area (Å²) in [4.78, 5) is 87.1. The van der Waals surface area contributed by atoms with Crippen molar-refractivity contribution < 1.29 is 58.0 Å². The summed E-state index contributed by atoms with van der Waals surface area (Å²) < 4.78 is 15.5. The zero-order chi connectivity index (χ0) is 36.5. The Balaban J connectivity index is 5.65. The van der Waals surface area contributed by atoms with Gasteiger partial charge in [-0.05, 0) is 68.2 Å². The molecule has 0 aliphatic carbocycles. The number of aliphatic hydroxyl groups is 1. The third-order valence-corrected chi connectivity index (χ3v) is 6.21. The van der Waals surface area contributed by atoms with Crippen LogP contribution in [-0.4, -0.2) is 101 Å². The van der Waals surface area contributed by atoms with Crippen molar-refractivity contribution in [3.63, 3.8) is 0 Å². The molecule has 0 fully saturated rings. The first-order valence-electron chi connectivity index (χ1n) is 15.7. The Morgan fingerprint density at radius 2 is 1.32 bits per heavy atom. The molecular weight excluding hydrogens is 620 g/mol. The van der Waals surface area contributed by atoms with Crippen molar-refractivity contribution in [1.29, 1.82) is 0 Å². The molecule has 5 atom stereocenters. The molecule has 270 valence electrons. The van der Waals surface area contributed by atoms with Crippen LogP contribution in [0.4, 0.5) is 9.59 Å². The molecule has 0 aromatic rings. The second kappa shape index (κ2) is 20.3. The van der Waals surface area contributed by atoms with E-state index >= 15 is 0 Å². The third-order valence-electron chi connectivity index (χ3n) is 6.21. The number of carbonyl (C=O) groups excluding carboxylic acids is 6. The highest BCUT2D eigenvalue weighted by Gasteiger charge is 2.33. The maximum atomic E-state index is 13.4. The van der Waals surface area contributed by atoms with E-state index in [-0.39, 0.29) is 31.9 Å². The molecule has 0 aliphatic heterocycles. The number of nitrogens with one attached hydrogen (secondary N) is 4. The van der Waals surface area contributed by atoms with E-state index in [1.165, 1.54) is 6.92 Å². The summed E-state index contributed by atoms with van der Waals surface area (Å²) in [6, 6.07) is -2.88. The molecule has 0 saturated carbocycles. The summed E-state index contributed by atoms with van der Waals surface area (Å²) in [6.07, 6.45) is -3.26. The van der Waals surface area contributed by atoms with Gasteiger partial charge in [-0.3, -0.25) is 19.2 Å². The quantitative estimate of drug-likeness (QED) is 0.0852. The molecule has 0 bridgehead atoms. The maximum Gasteiger partial charge on any atom is 0.407 e. The second-order valence-electron chi connectivity index (χ2n) is 13.2. The zero-order valence-electron chi connectivity index (χ0n) is 29.0. The van der Waals surface area contributed by atoms with Gasteiger partial charge in [-0.25, -0.2) is 14.4 Å². The lowest BCUT2D eigenvalue weighted by Crippen LogP contribution is -2.52. The van der Waals surface area contributed by atoms with Gasteiger partial charge < -0.3 is 45.7 Å². The van der Waals surface area contributed by atoms with Gasteiger partial charge in [-0.15, -0.1) is 0 Å². The van der Waals surface area contributed by atoms with E-state index in [2.05, 4.69) is 21.3 Å². The molecule has 0 rings (SSSR count). The first-order chi connectivity index (χ1) is 21.5. The number of hydrogen-bond acceptors (Lipinski definition) is 11. The average Bonchev–Trinajstić information content (AvgIpc) is 2.89. The van der Waals surface area contributed by atoms with Gasteiger partial charge in [0.1, 0.15) is 17.2 Å². The topological polar surface area (TPSA) is 236 Å². The van der Waals surface area contributed by atoms with Crippen molar-refractivity contribution in [1.82, 2.24) is 21.3 Å². The maximum absolute atomic E-state index is 13.4. The summed E-state index contributed by atoms with van der Waals surface area (Å²) >= 11 is 0. The fraction of sp³-hybridized carbons (Fsp3) is 0.774. The molecule has 16 heteroatoms. The Kier molecular flexibility index (Phi) is 18.6. The highest BCUT2D eigenvalue weighted by atomic mass is 16.6. The number of aliphatic carboxylic acids is 1. The Morgan fingerprint density at radius 1 is 0.766 bits per heavy atom. The van der Waals surface area contributed by atoms with E-state index < -0.39 is 90.0 Å². The number of alkyl carbamates (subject to hydrolysis) is 2. The van der Waals surface area contributed by atoms with Gasteiger partial charge in [0.25, 0.3) is 0 Å². The molecule has 0 aromatic heterocycles. The van der Waals surface area contributed by atoms with Gasteiger partial charge in [0.05, 0.1) is 37.1 Å². The minimum Gasteiger partial charge on any atom is -0.480 e. The van der Waals surface area contributed by atoms with Crippen molar-refractivity contribution in [3.05, 3.63) is 0 Å². The van der Waals surface area contributed by atoms with E-state index in [9.17, 15) is 43.8 Å². The first kappa shape index (κ1) is 43.0. The lowest BCUT2D eigenvalue weighted by Gasteiger charge is -2.25. The molecule has 0 aromatic carbocycles. The van der Waals surface area contributed by atoms with Gasteiger partial charge in [0.15, 0.2) is 5.78 Å². The van der Waals surface area contributed by atoms with Gasteiger partial charge in [-0.2, -0.15) is 0 Å². The number of carboxylic acid groups (broad SMARTS) is 1. The summed E-state index contributed by atoms with van der Waals surface area (Å²) in [5, 5.41) is 29.4. The lowest BCUT2D eigenvalue weighted by molar-refractivity contribution is -0.149. The van der Waals surface area contributed by atoms with E-state index in [1.54, 1.807) is 48.5 Å². The summed E-state index contributed by atoms with van der Waals surface area (Å²) in [5.74, 6) is -5.89. The van der Waals surface area contributed by atoms with E-state index in [0.29, 0.717) is 6.42 Å². The summed E-state index contributed by atoms with van der Waals surface area (Å²) in [7, 11) is 0. The second-order valence-corrected chi connectivity index (χ2v) is 13.2. The number of rotatable bonds is 19. The fourth-order valence-electron chi connectivity index (χ4n) is 4.00. The lowest BCUT2D eigenvalue weighted by atomic mass is 9.92. The van der Waals surface area contributed by atoms with Crippen LogP contribution in [0.5, 0.6) is 0 Å². The standard InChI is InChI=1S/C31H54N4O12/c1-10-11-18(2)45-25(39)13-12-24(38)34-21(14-15-32-28(43)46-30(4,5)6)23(37)16-20(19(3)36)26(40)35-22(27(41)42)17-33-29(44)47-31(7,8)9/h18-22,36H,10-17H2,1-9H3,(H,32,43)(H,33,44)(H,34,38)(H,35,40)(H,41,42)/t18?,19?,20-,21-,22-/m0/s1. The smallest absolute Gasteiger partial charge is 0.407 e. The molecule has 0 saturated heterocycles. The zero-order valence-corrected chi connectivity index (χ0v) is 29.0. The summed E-state index contributed by atoms with van der Waals surface area (Å²) in [5.41, 5.74) is -1.64. The van der Waals surface area contributed by atoms with Crippen molar-refractivity contribution in [2.75, 3.05) is 13.1 Å². The van der Waals surface area contributed by atoms with E-state index in [4.69, 9.17) is 14.2 Å². The van der Waals surface area contributed by atoms with Crippen LogP contribution in [0.25, 0.3) is 0 Å². The number of amides is 4. The minimum absolute atomic E-state index is 0.120. The van der Waals surface area contributed by atoms with Crippen molar-refractivity contribution in [2.24, 2.45) is 5.92 Å². The molecule has 0 radical (unpaired) electrons. The van der Waals surface area contributed by atoms with E-state index in [0.717, 1.165) is 6.42 Å². The van der Waals surface area contributed by atoms with Crippen LogP contribution in [0.15, 0.2) is 0 Å². The number of aliphatic hydroxyl groups excluding tert-OH is 1. The van der Waals surface area contributed by atoms with Crippen LogP contribution in [0.3, 0.4) is 0 Å². The molecule has 47 heavy (non-hydrogen) atoms. The van der Waals surface area contributed by atoms with Gasteiger partial charge in [0, 0.05) is 19.4 Å². The van der Waals surface area contributed by atoms with Crippen LogP contribution >= 0.6 is 0 Å². The average molecular weight is 675 g/mol. The number of hydrogen-bond donors (Lipinski definition) is 6. The van der Waals surface area contributed by atoms with Crippen LogP contribution < -0.4 is 21.3 Å². The molecule has 0 spiro atoms. The number of esters is 1. The highest BCUT2D eigenvalue weighted by molar-refractivity contribution is 5.94. The number of carboxylic acids is 1. The van der Waals surface area contributed by atoms with Crippen molar-refractivity contribution in [3.8, 4) is 0 Å². The molecule has 2 unspecified atom stereocenters. The van der Waals surface area contributed by atoms with Crippen molar-refractivity contribution in [2.45, 2.75) is 136 Å². The number of carbonyl (C=O) groups is 7. The normalized spacial score (nSPS) is 14.7. The van der Waals surface area contributed by atoms with Crippen molar-refractivity contribution >= 4 is 41.7 Å². The van der Waals surface area contributed by atoms with Gasteiger partial charge in [-0.1, -0.05) is 13.3 Å². The SMILES string of the molecule is CCCC(C)OC(=O)CCC(=O)N[C@@H](CCNC(=O)OC(C)(C)C)C(=O)C[C@H](C(=O)N[C@@H](CNC(=O)OC(C)(C)C)C(=O)O)C(C)O. The minimum atomic E-state index is -1.63. The molecule has 0 aliphatic rings. The molecule has 16 nitrogen and oxygen atoms in total. The van der Waals surface area contributed by atoms with Crippen LogP contribution in [0, 0.1) is 5.92 Å². The molecular formula is C31H54N4O12. The largest absolute Gasteiger partial charge is 0.480 e. The number of ether oxygens (including phenoxy) is 3. The number of Topliss-reactive ketones (excluding diaryl/α,β-unsaturated/α-hetero) is 1. The monoisotopic (exact) mass is 674 g/mol. The first-order valence-corrected chi connectivity index (χ1v) is 15.7. The van der Waals surface area contributed by atoms with Gasteiger partial charge >= 0.3 is 24.1 Å². The predicted molar refractivity (Wildman–Crippen MR) is 169 cm³/mol. The van der Waals surface area contributed by atoms with Crippen LogP contribution in [0.1, 0.15) is 101 Å². The molecule has 6 N–H and O–H groups in total. The predicted octanol–water partition coefficient (Wildman–Crippen LogP) is 1.95. The Morgan fingerprint density at radius 3 is 1.81 bits per heavy atom. The van der Waals surface area contributed by atoms with Gasteiger partial charge in [0.2, 0.25) is 11.8 Å². The molecule has 0 heterocycles. The summed E-state index contributed by atoms with van der Waals surface area (Å²) in [6.45, 7) is 14.1. The molecule has 4 amide bonds. The van der Waals surface area contributed by atoms with Crippen LogP contribution in [0.2, 0.25) is 0 Å². The van der Waals surface area contributed by atoms with E-state index in [1.807, 2.05) is 6.92 Å². The third kappa shape index (κ3) is 20.7.